The molecule has 2 aromatic carbocycles. The van der Waals surface area contributed by atoms with Crippen molar-refractivity contribution >= 4 is 11.6 Å². The summed E-state index contributed by atoms with van der Waals surface area (Å²) in [5.74, 6) is 0.480. The lowest BCUT2D eigenvalue weighted by molar-refractivity contribution is 0.0950. The van der Waals surface area contributed by atoms with Gasteiger partial charge in [-0.25, -0.2) is 5.43 Å². The van der Waals surface area contributed by atoms with Crippen LogP contribution in [-0.2, 0) is 0 Å². The average Bonchev–Trinajstić information content (AvgIpc) is 3.21. The molecule has 0 aliphatic carbocycles. The van der Waals surface area contributed by atoms with E-state index in [1.165, 1.54) is 0 Å². The van der Waals surface area contributed by atoms with Gasteiger partial charge in [-0.1, -0.05) is 37.3 Å². The van der Waals surface area contributed by atoms with Crippen molar-refractivity contribution in [2.75, 3.05) is 6.61 Å². The van der Waals surface area contributed by atoms with Crippen LogP contribution >= 0.6 is 0 Å². The van der Waals surface area contributed by atoms with E-state index in [0.29, 0.717) is 24.4 Å². The van der Waals surface area contributed by atoms with Crippen molar-refractivity contribution in [2.24, 2.45) is 5.10 Å². The largest absolute Gasteiger partial charge is 0.494 e. The first-order chi connectivity index (χ1) is 13.2. The molecule has 0 aliphatic heterocycles. The average molecular weight is 362 g/mol. The molecule has 6 heteroatoms. The molecule has 3 rings (SSSR count). The number of amides is 1. The molecule has 0 radical (unpaired) electrons. The number of hydrogen-bond donors (Lipinski definition) is 2. The van der Waals surface area contributed by atoms with E-state index in [-0.39, 0.29) is 5.91 Å². The number of nitrogens with one attached hydrogen (secondary N) is 2. The van der Waals surface area contributed by atoms with Crippen LogP contribution < -0.4 is 10.2 Å². The van der Waals surface area contributed by atoms with Crippen LogP contribution in [0, 0.1) is 0 Å². The van der Waals surface area contributed by atoms with Crippen molar-refractivity contribution in [1.82, 2.24) is 15.6 Å². The summed E-state index contributed by atoms with van der Waals surface area (Å²) in [7, 11) is 0. The van der Waals surface area contributed by atoms with E-state index in [1.807, 2.05) is 68.4 Å². The Morgan fingerprint density at radius 2 is 1.85 bits per heavy atom. The topological polar surface area (TPSA) is 79.4 Å². The number of aromatic amines is 1. The monoisotopic (exact) mass is 362 g/mol. The molecule has 2 N–H and O–H groups in total. The molecule has 6 nitrogen and oxygen atoms in total. The van der Waals surface area contributed by atoms with Crippen LogP contribution in [-0.4, -0.2) is 28.4 Å². The van der Waals surface area contributed by atoms with Gasteiger partial charge in [0.05, 0.1) is 18.0 Å². The number of carbonyl (C=O) groups excluding carboxylic acids is 1. The van der Waals surface area contributed by atoms with E-state index in [0.717, 1.165) is 22.6 Å². The van der Waals surface area contributed by atoms with E-state index < -0.39 is 0 Å². The van der Waals surface area contributed by atoms with Crippen molar-refractivity contribution in [3.63, 3.8) is 0 Å². The smallest absolute Gasteiger partial charge is 0.289 e. The number of rotatable bonds is 7. The molecule has 0 unspecified atom stereocenters. The van der Waals surface area contributed by atoms with Gasteiger partial charge in [0.2, 0.25) is 0 Å². The number of hydrogen-bond acceptors (Lipinski definition) is 4. The molecule has 27 heavy (non-hydrogen) atoms. The van der Waals surface area contributed by atoms with Crippen LogP contribution in [0.5, 0.6) is 5.75 Å². The summed E-state index contributed by atoms with van der Waals surface area (Å²) in [6.45, 7) is 4.56. The van der Waals surface area contributed by atoms with Crippen molar-refractivity contribution in [2.45, 2.75) is 20.3 Å². The maximum atomic E-state index is 12.4. The maximum absolute atomic E-state index is 12.4. The molecule has 0 aliphatic rings. The Labute approximate surface area is 158 Å². The second kappa shape index (κ2) is 8.80. The van der Waals surface area contributed by atoms with Crippen LogP contribution in [0.15, 0.2) is 65.8 Å². The van der Waals surface area contributed by atoms with E-state index >= 15 is 0 Å². The van der Waals surface area contributed by atoms with Gasteiger partial charge in [-0.2, -0.15) is 10.2 Å². The molecule has 1 aromatic heterocycles. The van der Waals surface area contributed by atoms with Crippen LogP contribution in [0.4, 0.5) is 0 Å². The molecular formula is C21H22N4O2. The number of carbonyl (C=O) groups is 1. The number of benzene rings is 2. The summed E-state index contributed by atoms with van der Waals surface area (Å²) in [6.07, 6.45) is 0.687. The molecule has 0 fully saturated rings. The van der Waals surface area contributed by atoms with Gasteiger partial charge in [0.15, 0.2) is 0 Å². The number of ether oxygens (including phenoxy) is 1. The molecule has 138 valence electrons. The summed E-state index contributed by atoms with van der Waals surface area (Å²) in [6, 6.07) is 19.0. The zero-order valence-electron chi connectivity index (χ0n) is 15.4. The predicted molar refractivity (Wildman–Crippen MR) is 106 cm³/mol. The van der Waals surface area contributed by atoms with Gasteiger partial charge >= 0.3 is 0 Å². The Morgan fingerprint density at radius 3 is 2.52 bits per heavy atom. The lowest BCUT2D eigenvalue weighted by Gasteiger charge is -2.07. The van der Waals surface area contributed by atoms with Gasteiger partial charge in [0.1, 0.15) is 11.4 Å². The highest BCUT2D eigenvalue weighted by atomic mass is 16.5. The molecule has 0 spiro atoms. The summed E-state index contributed by atoms with van der Waals surface area (Å²) in [4.78, 5) is 12.4. The molecule has 1 heterocycles. The second-order valence-corrected chi connectivity index (χ2v) is 5.84. The minimum absolute atomic E-state index is 0.332. The molecule has 0 saturated carbocycles. The Bertz CT molecular complexity index is 915. The normalized spacial score (nSPS) is 11.3. The number of hydrazone groups is 1. The highest BCUT2D eigenvalue weighted by molar-refractivity contribution is 6.02. The first-order valence-corrected chi connectivity index (χ1v) is 8.92. The van der Waals surface area contributed by atoms with Crippen molar-refractivity contribution in [1.29, 1.82) is 0 Å². The Kier molecular flexibility index (Phi) is 5.99. The summed E-state index contributed by atoms with van der Waals surface area (Å²) >= 11 is 0. The van der Waals surface area contributed by atoms with Gasteiger partial charge < -0.3 is 4.74 Å². The zero-order chi connectivity index (χ0) is 19.1. The van der Waals surface area contributed by atoms with E-state index in [9.17, 15) is 4.79 Å². The third-order valence-corrected chi connectivity index (χ3v) is 4.02. The standard InChI is InChI=1S/C21H22N4O2/c1-3-18(16-10-12-17(13-11-16)27-4-2)22-25-21(26)20-14-19(23-24-20)15-8-6-5-7-9-15/h5-14H,3-4H2,1-2H3,(H,23,24)(H,25,26). The van der Waals surface area contributed by atoms with Gasteiger partial charge in [0, 0.05) is 5.56 Å². The van der Waals surface area contributed by atoms with E-state index in [1.54, 1.807) is 6.07 Å². The van der Waals surface area contributed by atoms with Gasteiger partial charge in [-0.15, -0.1) is 0 Å². The summed E-state index contributed by atoms with van der Waals surface area (Å²) in [5.41, 5.74) is 6.35. The molecule has 0 saturated heterocycles. The van der Waals surface area contributed by atoms with Gasteiger partial charge in [-0.3, -0.25) is 9.89 Å². The third-order valence-electron chi connectivity index (χ3n) is 4.02. The Morgan fingerprint density at radius 1 is 1.11 bits per heavy atom. The second-order valence-electron chi connectivity index (χ2n) is 5.84. The molecule has 1 amide bonds. The number of nitrogens with zero attached hydrogens (tertiary/aromatic N) is 2. The zero-order valence-corrected chi connectivity index (χ0v) is 15.4. The van der Waals surface area contributed by atoms with Gasteiger partial charge in [0.25, 0.3) is 5.91 Å². The first-order valence-electron chi connectivity index (χ1n) is 8.92. The fourth-order valence-corrected chi connectivity index (χ4v) is 2.63. The van der Waals surface area contributed by atoms with Crippen LogP contribution in [0.2, 0.25) is 0 Å². The number of H-pyrrole nitrogens is 1. The van der Waals surface area contributed by atoms with Crippen LogP contribution in [0.25, 0.3) is 11.3 Å². The Balaban J connectivity index is 1.70. The third kappa shape index (κ3) is 4.61. The fraction of sp³-hybridized carbons (Fsp3) is 0.190. The van der Waals surface area contributed by atoms with Crippen molar-refractivity contribution < 1.29 is 9.53 Å². The summed E-state index contributed by atoms with van der Waals surface area (Å²) in [5, 5.41) is 11.2. The SMILES string of the molecule is CCOc1ccc(C(CC)=NNC(=O)c2cc(-c3ccccc3)n[nH]2)cc1. The minimum Gasteiger partial charge on any atom is -0.494 e. The van der Waals surface area contributed by atoms with E-state index in [4.69, 9.17) is 4.74 Å². The highest BCUT2D eigenvalue weighted by Crippen LogP contribution is 2.17. The first kappa shape index (κ1) is 18.4. The predicted octanol–water partition coefficient (Wildman–Crippen LogP) is 4.02. The quantitative estimate of drug-likeness (QED) is 0.492. The Hall–Kier alpha value is -3.41. The minimum atomic E-state index is -0.332. The lowest BCUT2D eigenvalue weighted by atomic mass is 10.1. The fourth-order valence-electron chi connectivity index (χ4n) is 2.63. The maximum Gasteiger partial charge on any atom is 0.289 e. The van der Waals surface area contributed by atoms with Crippen molar-refractivity contribution in [3.8, 4) is 17.0 Å². The highest BCUT2D eigenvalue weighted by Gasteiger charge is 2.11. The van der Waals surface area contributed by atoms with Crippen LogP contribution in [0.1, 0.15) is 36.3 Å². The number of aromatic nitrogens is 2. The molecule has 0 bridgehead atoms. The molecule has 0 atom stereocenters. The van der Waals surface area contributed by atoms with Crippen molar-refractivity contribution in [3.05, 3.63) is 71.9 Å². The van der Waals surface area contributed by atoms with Gasteiger partial charge in [-0.05, 0) is 49.2 Å². The lowest BCUT2D eigenvalue weighted by Crippen LogP contribution is -2.20. The van der Waals surface area contributed by atoms with E-state index in [2.05, 4.69) is 20.7 Å². The molecule has 3 aromatic rings. The summed E-state index contributed by atoms with van der Waals surface area (Å²) < 4.78 is 5.45. The van der Waals surface area contributed by atoms with Crippen LogP contribution in [0.3, 0.4) is 0 Å². The molecular weight excluding hydrogens is 340 g/mol.